The van der Waals surface area contributed by atoms with Crippen molar-refractivity contribution in [2.45, 2.75) is 39.0 Å². The highest BCUT2D eigenvalue weighted by atomic mass is 35.5. The average molecular weight is 504 g/mol. The second-order valence-electron chi connectivity index (χ2n) is 8.98. The van der Waals surface area contributed by atoms with E-state index in [0.29, 0.717) is 38.3 Å². The topological polar surface area (TPSA) is 85.1 Å². The predicted molar refractivity (Wildman–Crippen MR) is 143 cm³/mol. The van der Waals surface area contributed by atoms with Crippen molar-refractivity contribution in [2.75, 3.05) is 5.32 Å². The van der Waals surface area contributed by atoms with Crippen LogP contribution in [0.15, 0.2) is 54.6 Å². The van der Waals surface area contributed by atoms with Crippen molar-refractivity contribution < 1.29 is 9.59 Å². The van der Waals surface area contributed by atoms with E-state index in [-0.39, 0.29) is 5.91 Å². The highest BCUT2D eigenvalue weighted by Gasteiger charge is 2.29. The summed E-state index contributed by atoms with van der Waals surface area (Å²) in [5, 5.41) is 4.84. The van der Waals surface area contributed by atoms with Gasteiger partial charge in [0.1, 0.15) is 5.00 Å². The van der Waals surface area contributed by atoms with Gasteiger partial charge in [0, 0.05) is 20.8 Å². The van der Waals surface area contributed by atoms with Gasteiger partial charge in [-0.15, -0.1) is 11.3 Å². The van der Waals surface area contributed by atoms with Gasteiger partial charge in [-0.3, -0.25) is 9.59 Å². The smallest absolute Gasteiger partial charge is 0.257 e. The highest BCUT2D eigenvalue weighted by Crippen LogP contribution is 2.41. The van der Waals surface area contributed by atoms with Gasteiger partial charge in [-0.05, 0) is 48.9 Å². The van der Waals surface area contributed by atoms with Crippen molar-refractivity contribution in [3.05, 3.63) is 81.2 Å². The molecule has 5 nitrogen and oxygen atoms in total. The Bertz CT molecular complexity index is 1450. The number of fused-ring (bicyclic) bond motifs is 2. The molecule has 2 aromatic heterocycles. The number of nitrogens with zero attached hydrogens (tertiary/aromatic N) is 1. The first-order valence-corrected chi connectivity index (χ1v) is 13.1. The highest BCUT2D eigenvalue weighted by molar-refractivity contribution is 7.17. The van der Waals surface area contributed by atoms with Crippen LogP contribution in [0.2, 0.25) is 5.02 Å². The molecule has 3 N–H and O–H groups in total. The number of anilines is 1. The van der Waals surface area contributed by atoms with Gasteiger partial charge in [0.05, 0.1) is 22.3 Å². The zero-order valence-electron chi connectivity index (χ0n) is 19.4. The molecule has 4 aromatic rings. The summed E-state index contributed by atoms with van der Waals surface area (Å²) in [7, 11) is 0. The number of carbonyl (C=O) groups is 2. The van der Waals surface area contributed by atoms with Crippen molar-refractivity contribution in [1.82, 2.24) is 4.98 Å². The minimum atomic E-state index is -0.497. The van der Waals surface area contributed by atoms with Gasteiger partial charge in [0.2, 0.25) is 0 Å². The van der Waals surface area contributed by atoms with Gasteiger partial charge in [-0.2, -0.15) is 0 Å². The number of pyridine rings is 1. The Labute approximate surface area is 213 Å². The van der Waals surface area contributed by atoms with Crippen molar-refractivity contribution in [3.8, 4) is 11.3 Å². The molecule has 178 valence electrons. The molecule has 0 aliphatic heterocycles. The first-order valence-electron chi connectivity index (χ1n) is 11.9. The lowest BCUT2D eigenvalue weighted by Crippen LogP contribution is -2.20. The first-order chi connectivity index (χ1) is 17.0. The van der Waals surface area contributed by atoms with Crippen molar-refractivity contribution in [2.24, 2.45) is 11.7 Å². The molecular weight excluding hydrogens is 478 g/mol. The molecule has 1 aliphatic rings. The number of halogens is 1. The zero-order chi connectivity index (χ0) is 24.5. The number of aromatic nitrogens is 1. The average Bonchev–Trinajstić information content (AvgIpc) is 3.21. The summed E-state index contributed by atoms with van der Waals surface area (Å²) in [6, 6.07) is 16.7. The van der Waals surface area contributed by atoms with Gasteiger partial charge >= 0.3 is 0 Å². The molecule has 0 bridgehead atoms. The van der Waals surface area contributed by atoms with E-state index in [2.05, 4.69) is 12.2 Å². The van der Waals surface area contributed by atoms with Crippen LogP contribution < -0.4 is 11.1 Å². The SMILES string of the molecule is CCCC1CCc2c(sc(NC(=O)c3cc(-c4ccccc4Cl)nc4ccccc34)c2C(N)=O)C1. The number of carbonyl (C=O) groups excluding carboxylic acids is 2. The molecule has 2 aromatic carbocycles. The molecule has 5 rings (SSSR count). The zero-order valence-corrected chi connectivity index (χ0v) is 21.0. The third kappa shape index (κ3) is 4.56. The third-order valence-electron chi connectivity index (χ3n) is 6.65. The summed E-state index contributed by atoms with van der Waals surface area (Å²) in [6.07, 6.45) is 5.10. The first kappa shape index (κ1) is 23.5. The van der Waals surface area contributed by atoms with Crippen molar-refractivity contribution in [1.29, 1.82) is 0 Å². The van der Waals surface area contributed by atoms with Gasteiger partial charge in [-0.25, -0.2) is 4.98 Å². The van der Waals surface area contributed by atoms with E-state index in [1.807, 2.05) is 42.5 Å². The number of amides is 2. The standard InChI is InChI=1S/C28H26ClN3O2S/c1-2-7-16-12-13-19-24(14-16)35-28(25(19)26(30)33)32-27(34)20-15-23(18-9-3-5-10-21(18)29)31-22-11-6-4-8-17(20)22/h3-6,8-11,15-16H,2,7,12-14H2,1H3,(H2,30,33)(H,32,34). The largest absolute Gasteiger partial charge is 0.365 e. The lowest BCUT2D eigenvalue weighted by molar-refractivity contribution is 0.1000. The number of benzene rings is 2. The van der Waals surface area contributed by atoms with Crippen molar-refractivity contribution in [3.63, 3.8) is 0 Å². The summed E-state index contributed by atoms with van der Waals surface area (Å²) in [5.74, 6) is -0.191. The Morgan fingerprint density at radius 1 is 1.17 bits per heavy atom. The Hall–Kier alpha value is -3.22. The summed E-state index contributed by atoms with van der Waals surface area (Å²) < 4.78 is 0. The van der Waals surface area contributed by atoms with Crippen LogP contribution in [0.5, 0.6) is 0 Å². The quantitative estimate of drug-likeness (QED) is 0.301. The van der Waals surface area contributed by atoms with Gasteiger partial charge in [0.15, 0.2) is 0 Å². The molecule has 0 spiro atoms. The van der Waals surface area contributed by atoms with Crippen LogP contribution in [-0.2, 0) is 12.8 Å². The van der Waals surface area contributed by atoms with E-state index >= 15 is 0 Å². The maximum atomic E-state index is 13.6. The van der Waals surface area contributed by atoms with Crippen LogP contribution in [0, 0.1) is 5.92 Å². The minimum absolute atomic E-state index is 0.303. The second-order valence-corrected chi connectivity index (χ2v) is 10.5. The maximum Gasteiger partial charge on any atom is 0.257 e. The van der Waals surface area contributed by atoms with Crippen LogP contribution in [0.3, 0.4) is 0 Å². The Balaban J connectivity index is 1.56. The Kier molecular flexibility index (Phi) is 6.58. The fourth-order valence-electron chi connectivity index (χ4n) is 5.00. The van der Waals surface area contributed by atoms with Gasteiger partial charge in [0.25, 0.3) is 11.8 Å². The van der Waals surface area contributed by atoms with Gasteiger partial charge in [-0.1, -0.05) is 67.8 Å². The molecule has 1 unspecified atom stereocenters. The molecule has 0 saturated heterocycles. The summed E-state index contributed by atoms with van der Waals surface area (Å²) in [5.41, 5.74) is 9.77. The summed E-state index contributed by atoms with van der Waals surface area (Å²) in [4.78, 5) is 32.0. The van der Waals surface area contributed by atoms with E-state index in [9.17, 15) is 9.59 Å². The molecule has 0 radical (unpaired) electrons. The summed E-state index contributed by atoms with van der Waals surface area (Å²) >= 11 is 7.91. The molecular formula is C28H26ClN3O2S. The minimum Gasteiger partial charge on any atom is -0.365 e. The van der Waals surface area contributed by atoms with Crippen LogP contribution in [0.4, 0.5) is 5.00 Å². The number of hydrogen-bond acceptors (Lipinski definition) is 4. The lowest BCUT2D eigenvalue weighted by Gasteiger charge is -2.21. The number of rotatable bonds is 6. The number of nitrogens with one attached hydrogen (secondary N) is 1. The normalized spacial score (nSPS) is 15.1. The molecule has 0 fully saturated rings. The number of para-hydroxylation sites is 1. The number of primary amides is 1. The van der Waals surface area contributed by atoms with Crippen LogP contribution >= 0.6 is 22.9 Å². The number of hydrogen-bond donors (Lipinski definition) is 2. The molecule has 1 atom stereocenters. The summed E-state index contributed by atoms with van der Waals surface area (Å²) in [6.45, 7) is 2.19. The fourth-order valence-corrected chi connectivity index (χ4v) is 6.59. The molecule has 2 heterocycles. The van der Waals surface area contributed by atoms with Crippen LogP contribution in [0.1, 0.15) is 57.3 Å². The molecule has 35 heavy (non-hydrogen) atoms. The maximum absolute atomic E-state index is 13.6. The molecule has 7 heteroatoms. The monoisotopic (exact) mass is 503 g/mol. The van der Waals surface area contributed by atoms with Crippen LogP contribution in [0.25, 0.3) is 22.2 Å². The van der Waals surface area contributed by atoms with Crippen LogP contribution in [-0.4, -0.2) is 16.8 Å². The van der Waals surface area contributed by atoms with E-state index in [1.54, 1.807) is 12.1 Å². The third-order valence-corrected chi connectivity index (χ3v) is 8.15. The van der Waals surface area contributed by atoms with E-state index < -0.39 is 5.91 Å². The molecule has 1 aliphatic carbocycles. The van der Waals surface area contributed by atoms with E-state index in [0.717, 1.165) is 47.1 Å². The number of thiophene rings is 1. The number of nitrogens with two attached hydrogens (primary N) is 1. The Morgan fingerprint density at radius 3 is 2.71 bits per heavy atom. The van der Waals surface area contributed by atoms with Crippen molar-refractivity contribution >= 4 is 50.7 Å². The lowest BCUT2D eigenvalue weighted by atomic mass is 9.84. The second kappa shape index (κ2) is 9.80. The fraction of sp³-hybridized carbons (Fsp3) is 0.250. The molecule has 2 amide bonds. The molecule has 0 saturated carbocycles. The van der Waals surface area contributed by atoms with Gasteiger partial charge < -0.3 is 11.1 Å². The van der Waals surface area contributed by atoms with E-state index in [1.165, 1.54) is 17.8 Å². The Morgan fingerprint density at radius 2 is 1.94 bits per heavy atom. The predicted octanol–water partition coefficient (Wildman–Crippen LogP) is 6.87. The van der Waals surface area contributed by atoms with E-state index in [4.69, 9.17) is 22.3 Å².